The molecule has 1 aromatic rings. The van der Waals surface area contributed by atoms with Gasteiger partial charge in [-0.05, 0) is 33.3 Å². The Morgan fingerprint density at radius 3 is 2.09 bits per heavy atom. The molecular weight excluding hydrogens is 292 g/mol. The first kappa shape index (κ1) is 17.5. The molecule has 1 aromatic carbocycles. The molecule has 1 fully saturated rings. The maximum Gasteiger partial charge on any atom is 0.410 e. The van der Waals surface area contributed by atoms with Crippen LogP contribution in [0.2, 0.25) is 0 Å². The molecule has 5 nitrogen and oxygen atoms in total. The maximum absolute atomic E-state index is 12.0. The number of carbonyl (C=O) groups excluding carboxylic acids is 2. The summed E-state index contributed by atoms with van der Waals surface area (Å²) >= 11 is 0. The van der Waals surface area contributed by atoms with E-state index >= 15 is 0 Å². The standard InChI is InChI=1S/C18H26N2O3/c1-14(21)16-7-5-15(6-8-16)13-19-9-11-20(12-10-19)17(22)23-18(2,3)4/h5-8H,9-13H2,1-4H3. The largest absolute Gasteiger partial charge is 0.444 e. The van der Waals surface area contributed by atoms with E-state index < -0.39 is 5.60 Å². The fourth-order valence-corrected chi connectivity index (χ4v) is 2.52. The van der Waals surface area contributed by atoms with Crippen molar-refractivity contribution in [3.05, 3.63) is 35.4 Å². The highest BCUT2D eigenvalue weighted by Gasteiger charge is 2.25. The molecule has 0 spiro atoms. The lowest BCUT2D eigenvalue weighted by Gasteiger charge is -2.35. The fourth-order valence-electron chi connectivity index (χ4n) is 2.52. The first-order valence-electron chi connectivity index (χ1n) is 8.05. The highest BCUT2D eigenvalue weighted by atomic mass is 16.6. The minimum absolute atomic E-state index is 0.0857. The summed E-state index contributed by atoms with van der Waals surface area (Å²) in [7, 11) is 0. The summed E-state index contributed by atoms with van der Waals surface area (Å²) in [6, 6.07) is 7.73. The monoisotopic (exact) mass is 318 g/mol. The van der Waals surface area contributed by atoms with E-state index in [0.717, 1.165) is 25.2 Å². The number of amides is 1. The van der Waals surface area contributed by atoms with Crippen LogP contribution in [0.15, 0.2) is 24.3 Å². The maximum atomic E-state index is 12.0. The normalized spacial score (nSPS) is 16.3. The van der Waals surface area contributed by atoms with Crippen molar-refractivity contribution in [1.82, 2.24) is 9.80 Å². The number of ketones is 1. The number of nitrogens with zero attached hydrogens (tertiary/aromatic N) is 2. The molecule has 0 aliphatic carbocycles. The number of carbonyl (C=O) groups is 2. The highest BCUT2D eigenvalue weighted by molar-refractivity contribution is 5.93. The van der Waals surface area contributed by atoms with Crippen LogP contribution in [0.1, 0.15) is 43.6 Å². The number of hydrogen-bond acceptors (Lipinski definition) is 4. The molecule has 1 heterocycles. The third kappa shape index (κ3) is 5.36. The Bertz CT molecular complexity index is 553. The molecular formula is C18H26N2O3. The van der Waals surface area contributed by atoms with Gasteiger partial charge in [0.05, 0.1) is 0 Å². The average Bonchev–Trinajstić information content (AvgIpc) is 2.46. The van der Waals surface area contributed by atoms with Gasteiger partial charge in [0.1, 0.15) is 5.60 Å². The zero-order valence-electron chi connectivity index (χ0n) is 14.5. The molecule has 0 unspecified atom stereocenters. The Kier molecular flexibility index (Phi) is 5.42. The zero-order valence-corrected chi connectivity index (χ0v) is 14.5. The minimum Gasteiger partial charge on any atom is -0.444 e. The summed E-state index contributed by atoms with van der Waals surface area (Å²) < 4.78 is 5.40. The molecule has 1 aliphatic heterocycles. The molecule has 23 heavy (non-hydrogen) atoms. The number of rotatable bonds is 3. The van der Waals surface area contributed by atoms with Crippen molar-refractivity contribution >= 4 is 11.9 Å². The molecule has 1 amide bonds. The first-order chi connectivity index (χ1) is 10.7. The molecule has 1 saturated heterocycles. The van der Waals surface area contributed by atoms with Crippen LogP contribution >= 0.6 is 0 Å². The van der Waals surface area contributed by atoms with Crippen molar-refractivity contribution in [3.63, 3.8) is 0 Å². The number of hydrogen-bond donors (Lipinski definition) is 0. The highest BCUT2D eigenvalue weighted by Crippen LogP contribution is 2.14. The second-order valence-corrected chi connectivity index (χ2v) is 7.00. The van der Waals surface area contributed by atoms with Crippen LogP contribution < -0.4 is 0 Å². The second kappa shape index (κ2) is 7.13. The van der Waals surface area contributed by atoms with Crippen molar-refractivity contribution in [2.75, 3.05) is 26.2 Å². The van der Waals surface area contributed by atoms with Crippen LogP contribution in [0.25, 0.3) is 0 Å². The molecule has 2 rings (SSSR count). The lowest BCUT2D eigenvalue weighted by molar-refractivity contribution is 0.0139. The number of piperazine rings is 1. The third-order valence-electron chi connectivity index (χ3n) is 3.79. The molecule has 0 radical (unpaired) electrons. The lowest BCUT2D eigenvalue weighted by atomic mass is 10.1. The van der Waals surface area contributed by atoms with E-state index in [2.05, 4.69) is 4.90 Å². The molecule has 0 N–H and O–H groups in total. The quantitative estimate of drug-likeness (QED) is 0.804. The van der Waals surface area contributed by atoms with Crippen LogP contribution in [0, 0.1) is 0 Å². The van der Waals surface area contributed by atoms with Crippen molar-refractivity contribution in [3.8, 4) is 0 Å². The Balaban J connectivity index is 1.82. The van der Waals surface area contributed by atoms with Gasteiger partial charge in [0.25, 0.3) is 0 Å². The van der Waals surface area contributed by atoms with Crippen LogP contribution in [0.3, 0.4) is 0 Å². The number of Topliss-reactive ketones (excluding diaryl/α,β-unsaturated/α-hetero) is 1. The molecule has 0 saturated carbocycles. The first-order valence-corrected chi connectivity index (χ1v) is 8.05. The predicted molar refractivity (Wildman–Crippen MR) is 89.5 cm³/mol. The molecule has 5 heteroatoms. The molecule has 0 bridgehead atoms. The predicted octanol–water partition coefficient (Wildman–Crippen LogP) is 2.94. The van der Waals surface area contributed by atoms with Gasteiger partial charge in [-0.15, -0.1) is 0 Å². The summed E-state index contributed by atoms with van der Waals surface area (Å²) in [5, 5.41) is 0. The molecule has 0 atom stereocenters. The van der Waals surface area contributed by atoms with Gasteiger partial charge in [-0.3, -0.25) is 9.69 Å². The van der Waals surface area contributed by atoms with Crippen molar-refractivity contribution in [2.24, 2.45) is 0 Å². The van der Waals surface area contributed by atoms with E-state index in [0.29, 0.717) is 13.1 Å². The zero-order chi connectivity index (χ0) is 17.0. The van der Waals surface area contributed by atoms with Gasteiger partial charge in [0.2, 0.25) is 0 Å². The van der Waals surface area contributed by atoms with Crippen LogP contribution in [0.5, 0.6) is 0 Å². The molecule has 126 valence electrons. The minimum atomic E-state index is -0.452. The lowest BCUT2D eigenvalue weighted by Crippen LogP contribution is -2.49. The van der Waals surface area contributed by atoms with Crippen LogP contribution in [-0.4, -0.2) is 53.5 Å². The fraction of sp³-hybridized carbons (Fsp3) is 0.556. The van der Waals surface area contributed by atoms with E-state index in [1.54, 1.807) is 11.8 Å². The van der Waals surface area contributed by atoms with Gasteiger partial charge in [-0.2, -0.15) is 0 Å². The smallest absolute Gasteiger partial charge is 0.410 e. The second-order valence-electron chi connectivity index (χ2n) is 7.00. The van der Waals surface area contributed by atoms with Crippen molar-refractivity contribution in [2.45, 2.75) is 39.8 Å². The summed E-state index contributed by atoms with van der Waals surface area (Å²) in [5.74, 6) is 0.0857. The van der Waals surface area contributed by atoms with E-state index in [9.17, 15) is 9.59 Å². The van der Waals surface area contributed by atoms with Gasteiger partial charge in [-0.25, -0.2) is 4.79 Å². The van der Waals surface area contributed by atoms with Gasteiger partial charge in [-0.1, -0.05) is 24.3 Å². The van der Waals surface area contributed by atoms with Gasteiger partial charge >= 0.3 is 6.09 Å². The van der Waals surface area contributed by atoms with Crippen molar-refractivity contribution in [1.29, 1.82) is 0 Å². The van der Waals surface area contributed by atoms with Gasteiger partial charge < -0.3 is 9.64 Å². The van der Waals surface area contributed by atoms with E-state index in [1.165, 1.54) is 5.56 Å². The van der Waals surface area contributed by atoms with E-state index in [-0.39, 0.29) is 11.9 Å². The SMILES string of the molecule is CC(=O)c1ccc(CN2CCN(C(=O)OC(C)(C)C)CC2)cc1. The average molecular weight is 318 g/mol. The van der Waals surface area contributed by atoms with Crippen LogP contribution in [0.4, 0.5) is 4.79 Å². The van der Waals surface area contributed by atoms with Crippen LogP contribution in [-0.2, 0) is 11.3 Å². The Morgan fingerprint density at radius 1 is 1.04 bits per heavy atom. The van der Waals surface area contributed by atoms with Gasteiger partial charge in [0, 0.05) is 38.3 Å². The summed E-state index contributed by atoms with van der Waals surface area (Å²) in [6.07, 6.45) is -0.233. The van der Waals surface area contributed by atoms with Crippen molar-refractivity contribution < 1.29 is 14.3 Å². The number of benzene rings is 1. The number of ether oxygens (including phenoxy) is 1. The topological polar surface area (TPSA) is 49.9 Å². The van der Waals surface area contributed by atoms with E-state index in [4.69, 9.17) is 4.74 Å². The summed E-state index contributed by atoms with van der Waals surface area (Å²) in [6.45, 7) is 11.1. The Labute approximate surface area is 138 Å². The van der Waals surface area contributed by atoms with E-state index in [1.807, 2.05) is 45.0 Å². The summed E-state index contributed by atoms with van der Waals surface area (Å²) in [4.78, 5) is 27.4. The Morgan fingerprint density at radius 2 is 1.61 bits per heavy atom. The molecule has 0 aromatic heterocycles. The van der Waals surface area contributed by atoms with Gasteiger partial charge in [0.15, 0.2) is 5.78 Å². The summed E-state index contributed by atoms with van der Waals surface area (Å²) in [5.41, 5.74) is 1.47. The molecule has 1 aliphatic rings. The third-order valence-corrected chi connectivity index (χ3v) is 3.79. The Hall–Kier alpha value is -1.88.